The summed E-state index contributed by atoms with van der Waals surface area (Å²) in [6.45, 7) is 3.39. The molecule has 0 fully saturated rings. The third-order valence-corrected chi connectivity index (χ3v) is 4.48. The Bertz CT molecular complexity index is 837. The molecule has 1 heterocycles. The van der Waals surface area contributed by atoms with Crippen LogP contribution in [0.4, 0.5) is 0 Å². The maximum atomic E-state index is 10.4. The molecule has 140 valence electrons. The molecule has 27 heavy (non-hydrogen) atoms. The second-order valence-corrected chi connectivity index (χ2v) is 6.97. The standard InChI is InChI=1S/C22H26N4O/c1-25(2)10-11-26(15-18-6-4-3-5-7-18)16-20-12-19(8-9-22(20)27)21-13-23-17-24-14-21/h3-9,12-14,17,27H,10-11,15-16H2,1-2H3. The summed E-state index contributed by atoms with van der Waals surface area (Å²) in [5.41, 5.74) is 4.13. The maximum absolute atomic E-state index is 10.4. The molecule has 3 rings (SSSR count). The van der Waals surface area contributed by atoms with Crippen molar-refractivity contribution in [3.63, 3.8) is 0 Å². The van der Waals surface area contributed by atoms with Gasteiger partial charge in [-0.25, -0.2) is 9.97 Å². The Morgan fingerprint density at radius 2 is 1.59 bits per heavy atom. The number of nitrogens with zero attached hydrogens (tertiary/aromatic N) is 4. The van der Waals surface area contributed by atoms with Crippen LogP contribution in [0.1, 0.15) is 11.1 Å². The van der Waals surface area contributed by atoms with Crippen LogP contribution in [0.5, 0.6) is 5.75 Å². The lowest BCUT2D eigenvalue weighted by Crippen LogP contribution is -2.31. The predicted octanol–water partition coefficient (Wildman–Crippen LogP) is 3.41. The fourth-order valence-corrected chi connectivity index (χ4v) is 2.98. The summed E-state index contributed by atoms with van der Waals surface area (Å²) in [6.07, 6.45) is 5.10. The Kier molecular flexibility index (Phi) is 6.52. The lowest BCUT2D eigenvalue weighted by Gasteiger charge is -2.25. The summed E-state index contributed by atoms with van der Waals surface area (Å²) in [5, 5.41) is 10.4. The second-order valence-electron chi connectivity index (χ2n) is 6.97. The lowest BCUT2D eigenvalue weighted by atomic mass is 10.0. The van der Waals surface area contributed by atoms with Crippen molar-refractivity contribution in [2.45, 2.75) is 13.1 Å². The molecule has 1 aromatic heterocycles. The van der Waals surface area contributed by atoms with Crippen LogP contribution < -0.4 is 0 Å². The molecule has 0 aliphatic rings. The summed E-state index contributed by atoms with van der Waals surface area (Å²) in [5.74, 6) is 0.318. The Morgan fingerprint density at radius 3 is 2.30 bits per heavy atom. The molecule has 5 nitrogen and oxygen atoms in total. The van der Waals surface area contributed by atoms with Gasteiger partial charge in [0.25, 0.3) is 0 Å². The highest BCUT2D eigenvalue weighted by molar-refractivity contribution is 5.63. The molecule has 0 bridgehead atoms. The SMILES string of the molecule is CN(C)CCN(Cc1ccccc1)Cc1cc(-c2cncnc2)ccc1O. The van der Waals surface area contributed by atoms with Gasteiger partial charge in [0.15, 0.2) is 0 Å². The molecular formula is C22H26N4O. The molecule has 0 saturated heterocycles. The largest absolute Gasteiger partial charge is 0.508 e. The van der Waals surface area contributed by atoms with Gasteiger partial charge in [-0.2, -0.15) is 0 Å². The maximum Gasteiger partial charge on any atom is 0.120 e. The van der Waals surface area contributed by atoms with Crippen LogP contribution in [-0.2, 0) is 13.1 Å². The molecule has 3 aromatic rings. The van der Waals surface area contributed by atoms with E-state index in [2.05, 4.69) is 58.1 Å². The van der Waals surface area contributed by atoms with Gasteiger partial charge in [0.05, 0.1) is 0 Å². The first-order valence-electron chi connectivity index (χ1n) is 9.10. The summed E-state index contributed by atoms with van der Waals surface area (Å²) in [4.78, 5) is 12.7. The van der Waals surface area contributed by atoms with Gasteiger partial charge in [-0.15, -0.1) is 0 Å². The summed E-state index contributed by atoms with van der Waals surface area (Å²) >= 11 is 0. The Hall–Kier alpha value is -2.76. The van der Waals surface area contributed by atoms with Gasteiger partial charge in [-0.3, -0.25) is 4.90 Å². The number of benzene rings is 2. The molecule has 0 aliphatic carbocycles. The first-order valence-corrected chi connectivity index (χ1v) is 9.10. The molecule has 1 N–H and O–H groups in total. The molecule has 0 radical (unpaired) electrons. The molecule has 0 aliphatic heterocycles. The molecule has 2 aromatic carbocycles. The first kappa shape index (κ1) is 19.0. The molecule has 0 unspecified atom stereocenters. The van der Waals surface area contributed by atoms with E-state index in [0.29, 0.717) is 12.3 Å². The van der Waals surface area contributed by atoms with Crippen LogP contribution in [0.2, 0.25) is 0 Å². The minimum absolute atomic E-state index is 0.318. The number of aromatic hydroxyl groups is 1. The topological polar surface area (TPSA) is 52.5 Å². The smallest absolute Gasteiger partial charge is 0.120 e. The van der Waals surface area contributed by atoms with Gasteiger partial charge in [0, 0.05) is 49.7 Å². The quantitative estimate of drug-likeness (QED) is 0.665. The molecule has 0 spiro atoms. The van der Waals surface area contributed by atoms with E-state index in [1.54, 1.807) is 18.5 Å². The number of phenols is 1. The van der Waals surface area contributed by atoms with Crippen molar-refractivity contribution < 1.29 is 5.11 Å². The second kappa shape index (κ2) is 9.26. The average molecular weight is 362 g/mol. The van der Waals surface area contributed by atoms with Gasteiger partial charge >= 0.3 is 0 Å². The molecule has 0 amide bonds. The average Bonchev–Trinajstić information content (AvgIpc) is 2.69. The fraction of sp³-hybridized carbons (Fsp3) is 0.273. The Labute approximate surface area is 160 Å². The number of likely N-dealkylation sites (N-methyl/N-ethyl adjacent to an activating group) is 1. The van der Waals surface area contributed by atoms with Crippen molar-refractivity contribution in [3.8, 4) is 16.9 Å². The van der Waals surface area contributed by atoms with Gasteiger partial charge < -0.3 is 10.0 Å². The van der Waals surface area contributed by atoms with E-state index in [9.17, 15) is 5.11 Å². The van der Waals surface area contributed by atoms with Gasteiger partial charge in [0.1, 0.15) is 12.1 Å². The Morgan fingerprint density at radius 1 is 0.852 bits per heavy atom. The number of rotatable bonds is 8. The lowest BCUT2D eigenvalue weighted by molar-refractivity contribution is 0.224. The summed E-state index contributed by atoms with van der Waals surface area (Å²) in [6, 6.07) is 16.1. The summed E-state index contributed by atoms with van der Waals surface area (Å²) in [7, 11) is 4.16. The number of hydrogen-bond acceptors (Lipinski definition) is 5. The van der Waals surface area contributed by atoms with Crippen LogP contribution in [0.25, 0.3) is 11.1 Å². The van der Waals surface area contributed by atoms with Gasteiger partial charge in [0.2, 0.25) is 0 Å². The van der Waals surface area contributed by atoms with E-state index >= 15 is 0 Å². The zero-order valence-corrected chi connectivity index (χ0v) is 15.9. The third kappa shape index (κ3) is 5.61. The monoisotopic (exact) mass is 362 g/mol. The summed E-state index contributed by atoms with van der Waals surface area (Å²) < 4.78 is 0. The van der Waals surface area contributed by atoms with Crippen LogP contribution in [-0.4, -0.2) is 52.1 Å². The highest BCUT2D eigenvalue weighted by Crippen LogP contribution is 2.26. The van der Waals surface area contributed by atoms with E-state index in [1.165, 1.54) is 11.9 Å². The van der Waals surface area contributed by atoms with Gasteiger partial charge in [-0.1, -0.05) is 36.4 Å². The zero-order valence-electron chi connectivity index (χ0n) is 15.9. The Balaban J connectivity index is 1.81. The zero-order chi connectivity index (χ0) is 19.1. The molecule has 5 heteroatoms. The van der Waals surface area contributed by atoms with Crippen molar-refractivity contribution in [2.24, 2.45) is 0 Å². The van der Waals surface area contributed by atoms with Crippen LogP contribution >= 0.6 is 0 Å². The highest BCUT2D eigenvalue weighted by atomic mass is 16.3. The van der Waals surface area contributed by atoms with Crippen molar-refractivity contribution in [2.75, 3.05) is 27.2 Å². The number of aromatic nitrogens is 2. The van der Waals surface area contributed by atoms with Crippen LogP contribution in [0, 0.1) is 0 Å². The highest BCUT2D eigenvalue weighted by Gasteiger charge is 2.12. The number of phenolic OH excluding ortho intramolecular Hbond substituents is 1. The van der Waals surface area contributed by atoms with E-state index in [4.69, 9.17) is 0 Å². The van der Waals surface area contributed by atoms with Crippen LogP contribution in [0.15, 0.2) is 67.3 Å². The number of hydrogen-bond donors (Lipinski definition) is 1. The van der Waals surface area contributed by atoms with E-state index in [-0.39, 0.29) is 0 Å². The molecule has 0 atom stereocenters. The van der Waals surface area contributed by atoms with Gasteiger partial charge in [-0.05, 0) is 37.4 Å². The van der Waals surface area contributed by atoms with Crippen molar-refractivity contribution in [3.05, 3.63) is 78.4 Å². The van der Waals surface area contributed by atoms with Crippen molar-refractivity contribution >= 4 is 0 Å². The van der Waals surface area contributed by atoms with E-state index < -0.39 is 0 Å². The van der Waals surface area contributed by atoms with Crippen molar-refractivity contribution in [1.82, 2.24) is 19.8 Å². The predicted molar refractivity (Wildman–Crippen MR) is 108 cm³/mol. The fourth-order valence-electron chi connectivity index (χ4n) is 2.98. The van der Waals surface area contributed by atoms with Crippen molar-refractivity contribution in [1.29, 1.82) is 0 Å². The minimum Gasteiger partial charge on any atom is -0.508 e. The normalized spacial score (nSPS) is 11.3. The first-order chi connectivity index (χ1) is 13.1. The van der Waals surface area contributed by atoms with E-state index in [1.807, 2.05) is 18.2 Å². The molecular weight excluding hydrogens is 336 g/mol. The van der Waals surface area contributed by atoms with Crippen LogP contribution in [0.3, 0.4) is 0 Å². The van der Waals surface area contributed by atoms with E-state index in [0.717, 1.165) is 36.3 Å². The minimum atomic E-state index is 0.318. The molecule has 0 saturated carbocycles. The third-order valence-electron chi connectivity index (χ3n) is 4.48.